The Kier molecular flexibility index (Phi) is 40.3. The van der Waals surface area contributed by atoms with Crippen molar-refractivity contribution >= 4 is 38.3 Å². The third kappa shape index (κ3) is 19.4. The topological polar surface area (TPSA) is 157 Å². The second-order valence-corrected chi connectivity index (χ2v) is 18.8. The number of benzene rings is 2. The number of nitrogens with zero attached hydrogens (tertiary/aromatic N) is 4. The van der Waals surface area contributed by atoms with Crippen LogP contribution in [0.5, 0.6) is 0 Å². The second kappa shape index (κ2) is 32.8. The summed E-state index contributed by atoms with van der Waals surface area (Å²) in [4.78, 5) is 0. The van der Waals surface area contributed by atoms with Gasteiger partial charge in [-0.1, -0.05) is 36.4 Å². The SMILES string of the molecule is CC(C)(C)n1c(-c2ccccc2)[n+](C(C)(C)C)[si-]1Cl.CC(C)(C)n1c(-c2ccccc2)[n+](C(C)(C)C)[si-]1Cl.[C-]#[O+].[C-]#[O+].[C-]#[O+].[C-]#[O+].[C-]#[O+].[C-]#[O+].[C-]#[O+].[Co].[Co]. The van der Waals surface area contributed by atoms with Crippen molar-refractivity contribution in [3.63, 3.8) is 0 Å². The molecule has 0 spiro atoms. The van der Waals surface area contributed by atoms with Crippen LogP contribution < -0.4 is 8.44 Å². The Labute approximate surface area is 354 Å². The summed E-state index contributed by atoms with van der Waals surface area (Å²) in [6.07, 6.45) is 0. The molecule has 2 radical (unpaired) electrons. The molecule has 0 saturated heterocycles. The molecule has 4 rings (SSSR count). The molecule has 11 nitrogen and oxygen atoms in total. The van der Waals surface area contributed by atoms with E-state index in [-0.39, 0.29) is 55.7 Å². The van der Waals surface area contributed by atoms with E-state index in [0.29, 0.717) is 0 Å². The van der Waals surface area contributed by atoms with Crippen LogP contribution in [-0.2, 0) is 88.3 Å². The molecular formula is C37H46Cl2Co2N4O7Si2. The Morgan fingerprint density at radius 2 is 0.611 bits per heavy atom. The van der Waals surface area contributed by atoms with Crippen LogP contribution in [-0.4, -0.2) is 24.5 Å². The summed E-state index contributed by atoms with van der Waals surface area (Å²) in [5.41, 5.74) is 2.74. The molecule has 17 heteroatoms. The Morgan fingerprint density at radius 3 is 0.759 bits per heavy atom. The zero-order chi connectivity index (χ0) is 42.8. The fraction of sp³-hybridized carbons (Fsp3) is 0.432. The molecular weight excluding hydrogens is 857 g/mol. The maximum absolute atomic E-state index is 7.50. The third-order valence-corrected chi connectivity index (χ3v) is 13.4. The first-order chi connectivity index (χ1) is 24.3. The average molecular weight is 904 g/mol. The molecule has 0 saturated carbocycles. The molecule has 0 unspecified atom stereocenters. The van der Waals surface area contributed by atoms with Gasteiger partial charge in [0.25, 0.3) is 0 Å². The maximum Gasteiger partial charge on any atom is 0 e. The van der Waals surface area contributed by atoms with Crippen molar-refractivity contribution in [3.8, 4) is 22.8 Å². The molecule has 0 aliphatic heterocycles. The molecule has 4 aromatic rings. The molecule has 0 fully saturated rings. The molecule has 2 aromatic heterocycles. The molecule has 0 amide bonds. The van der Waals surface area contributed by atoms with Gasteiger partial charge in [-0.2, -0.15) is 0 Å². The maximum atomic E-state index is 7.50. The molecule has 2 heterocycles. The first-order valence-corrected chi connectivity index (χ1v) is 19.6. The molecule has 54 heavy (non-hydrogen) atoms. The molecule has 0 bridgehead atoms. The molecule has 296 valence electrons. The van der Waals surface area contributed by atoms with Gasteiger partial charge in [0.2, 0.25) is 0 Å². The minimum Gasteiger partial charge on any atom is 0 e. The zero-order valence-electron chi connectivity index (χ0n) is 32.3. The number of halogens is 2. The Morgan fingerprint density at radius 1 is 0.426 bits per heavy atom. The van der Waals surface area contributed by atoms with Gasteiger partial charge in [-0.3, -0.25) is 22.2 Å². The summed E-state index contributed by atoms with van der Waals surface area (Å²) in [7, 11) is -2.36. The van der Waals surface area contributed by atoms with E-state index in [1.165, 1.54) is 22.8 Å². The van der Waals surface area contributed by atoms with Crippen LogP contribution in [0.15, 0.2) is 60.7 Å². The van der Waals surface area contributed by atoms with Crippen LogP contribution in [0.1, 0.15) is 83.1 Å². The largest absolute Gasteiger partial charge is 0 e. The predicted molar refractivity (Wildman–Crippen MR) is 193 cm³/mol. The van der Waals surface area contributed by atoms with Crippen LogP contribution in [0.2, 0.25) is 0 Å². The summed E-state index contributed by atoms with van der Waals surface area (Å²) in [5.74, 6) is 2.54. The minimum atomic E-state index is -1.18. The van der Waals surface area contributed by atoms with Crippen LogP contribution in [0.3, 0.4) is 0 Å². The van der Waals surface area contributed by atoms with Crippen molar-refractivity contribution < 1.29 is 74.6 Å². The smallest absolute Gasteiger partial charge is 0 e. The van der Waals surface area contributed by atoms with Crippen LogP contribution in [0.25, 0.3) is 22.8 Å². The summed E-state index contributed by atoms with van der Waals surface area (Å²) in [5, 5.41) is 0. The fourth-order valence-electron chi connectivity index (χ4n) is 4.73. The standard InChI is InChI=1S/2C15H23ClN2Si.7CO.2Co/c2*1-14(2,3)17-13(12-10-8-7-9-11-12)18(19(17)16)15(4,5)6;7*1-2;;/h2*7-11H,1-6H3;;;;;;;;;. The quantitative estimate of drug-likeness (QED) is 0.0869. The number of rotatable bonds is 2. The summed E-state index contributed by atoms with van der Waals surface area (Å²) < 4.78 is 62.1. The molecule has 0 atom stereocenters. The summed E-state index contributed by atoms with van der Waals surface area (Å²) in [6, 6.07) is 21.1. The van der Waals surface area contributed by atoms with Crippen LogP contribution in [0.4, 0.5) is 0 Å². The van der Waals surface area contributed by atoms with Gasteiger partial charge in [-0.05, 0) is 107 Å². The van der Waals surface area contributed by atoms with E-state index in [4.69, 9.17) is 54.7 Å². The van der Waals surface area contributed by atoms with Crippen molar-refractivity contribution in [2.45, 2.75) is 105 Å². The monoisotopic (exact) mass is 902 g/mol. The van der Waals surface area contributed by atoms with Gasteiger partial charge in [-0.25, -0.2) is 0 Å². The number of aromatic nitrogens is 4. The zero-order valence-corrected chi connectivity index (χ0v) is 37.9. The van der Waals surface area contributed by atoms with Crippen molar-refractivity contribution in [1.82, 2.24) is 8.44 Å². The number of hydrogen-bond acceptors (Lipinski definition) is 0. The second-order valence-electron chi connectivity index (χ2n) is 13.9. The average Bonchev–Trinajstić information content (AvgIpc) is 3.10. The Hall–Kier alpha value is -2.41. The van der Waals surface area contributed by atoms with E-state index in [0.717, 1.165) is 0 Å². The normalized spacial score (nSPS) is 9.41. The van der Waals surface area contributed by atoms with E-state index < -0.39 is 16.1 Å². The van der Waals surface area contributed by atoms with Gasteiger partial charge in [0.1, 0.15) is 0 Å². The van der Waals surface area contributed by atoms with E-state index in [2.05, 4.69) is 207 Å². The van der Waals surface area contributed by atoms with Gasteiger partial charge in [-0.15, -0.1) is 0 Å². The fourth-order valence-corrected chi connectivity index (χ4v) is 12.7. The molecule has 2 aromatic carbocycles. The van der Waals surface area contributed by atoms with Gasteiger partial charge in [0, 0.05) is 66.8 Å². The molecule has 0 aliphatic rings. The van der Waals surface area contributed by atoms with Crippen molar-refractivity contribution in [1.29, 1.82) is 0 Å². The van der Waals surface area contributed by atoms with E-state index in [9.17, 15) is 0 Å². The number of hydrogen-bond donors (Lipinski definition) is 0. The van der Waals surface area contributed by atoms with Gasteiger partial charge in [0.05, 0.1) is 0 Å². The molecule has 0 N–H and O–H groups in total. The van der Waals surface area contributed by atoms with E-state index >= 15 is 0 Å². The first kappa shape index (κ1) is 66.4. The molecule has 0 aliphatic carbocycles. The summed E-state index contributed by atoms with van der Waals surface area (Å²) >= 11 is 13.5. The Bertz CT molecular complexity index is 1480. The van der Waals surface area contributed by atoms with Crippen molar-refractivity contribution in [3.05, 3.63) is 107 Å². The van der Waals surface area contributed by atoms with Gasteiger partial charge >= 0.3 is 79.1 Å². The van der Waals surface area contributed by atoms with Gasteiger partial charge in [0.15, 0.2) is 27.7 Å². The van der Waals surface area contributed by atoms with Crippen molar-refractivity contribution in [2.24, 2.45) is 0 Å². The van der Waals surface area contributed by atoms with E-state index in [1.54, 1.807) is 0 Å². The summed E-state index contributed by atoms with van der Waals surface area (Å²) in [6.45, 7) is 58.2. The van der Waals surface area contributed by atoms with Gasteiger partial charge < -0.3 is 16.9 Å². The predicted octanol–water partition coefficient (Wildman–Crippen LogP) is 7.13. The Balaban J connectivity index is -0.000000120. The first-order valence-electron chi connectivity index (χ1n) is 14.8. The van der Waals surface area contributed by atoms with Crippen LogP contribution >= 0.6 is 22.2 Å². The minimum absolute atomic E-state index is 0. The van der Waals surface area contributed by atoms with Crippen molar-refractivity contribution in [2.75, 3.05) is 0 Å². The third-order valence-electron chi connectivity index (χ3n) is 6.33. The van der Waals surface area contributed by atoms with E-state index in [1.807, 2.05) is 0 Å². The van der Waals surface area contributed by atoms with Crippen LogP contribution in [0, 0.1) is 46.6 Å².